The van der Waals surface area contributed by atoms with Crippen molar-refractivity contribution >= 4 is 11.6 Å². The SMILES string of the molecule is CC(C(O)c1ccccc1)N1CCN(Cc2ccc(Cl)cc2)CC1. The van der Waals surface area contributed by atoms with Gasteiger partial charge in [0, 0.05) is 43.8 Å². The second-order valence-corrected chi connectivity index (χ2v) is 6.97. The van der Waals surface area contributed by atoms with Gasteiger partial charge in [-0.25, -0.2) is 0 Å². The monoisotopic (exact) mass is 344 g/mol. The van der Waals surface area contributed by atoms with Crippen molar-refractivity contribution in [1.82, 2.24) is 9.80 Å². The maximum atomic E-state index is 10.6. The van der Waals surface area contributed by atoms with Crippen LogP contribution in [-0.4, -0.2) is 47.1 Å². The van der Waals surface area contributed by atoms with Crippen LogP contribution in [0.2, 0.25) is 5.02 Å². The van der Waals surface area contributed by atoms with Crippen molar-refractivity contribution in [3.8, 4) is 0 Å². The van der Waals surface area contributed by atoms with Crippen LogP contribution in [0.3, 0.4) is 0 Å². The largest absolute Gasteiger partial charge is 0.387 e. The number of hydrogen-bond acceptors (Lipinski definition) is 3. The Morgan fingerprint density at radius 2 is 1.58 bits per heavy atom. The zero-order valence-electron chi connectivity index (χ0n) is 14.1. The zero-order chi connectivity index (χ0) is 16.9. The lowest BCUT2D eigenvalue weighted by Crippen LogP contribution is -2.50. The molecule has 0 aliphatic carbocycles. The van der Waals surface area contributed by atoms with E-state index < -0.39 is 6.10 Å². The fourth-order valence-electron chi connectivity index (χ4n) is 3.31. The summed E-state index contributed by atoms with van der Waals surface area (Å²) in [6.45, 7) is 7.09. The third-order valence-corrected chi connectivity index (χ3v) is 5.15. The van der Waals surface area contributed by atoms with Crippen molar-refractivity contribution < 1.29 is 5.11 Å². The highest BCUT2D eigenvalue weighted by Crippen LogP contribution is 2.22. The van der Waals surface area contributed by atoms with E-state index in [1.807, 2.05) is 42.5 Å². The summed E-state index contributed by atoms with van der Waals surface area (Å²) >= 11 is 5.94. The predicted molar refractivity (Wildman–Crippen MR) is 99.2 cm³/mol. The summed E-state index contributed by atoms with van der Waals surface area (Å²) in [7, 11) is 0. The Bertz CT molecular complexity index is 624. The number of benzene rings is 2. The van der Waals surface area contributed by atoms with E-state index in [1.54, 1.807) is 0 Å². The van der Waals surface area contributed by atoms with Crippen LogP contribution in [0.15, 0.2) is 54.6 Å². The van der Waals surface area contributed by atoms with Crippen molar-refractivity contribution in [2.24, 2.45) is 0 Å². The molecular weight excluding hydrogens is 320 g/mol. The van der Waals surface area contributed by atoms with Gasteiger partial charge in [-0.3, -0.25) is 9.80 Å². The molecule has 0 spiro atoms. The first kappa shape index (κ1) is 17.4. The van der Waals surface area contributed by atoms with E-state index in [4.69, 9.17) is 11.6 Å². The molecule has 2 aromatic carbocycles. The normalized spacial score (nSPS) is 19.1. The van der Waals surface area contributed by atoms with Gasteiger partial charge in [0.1, 0.15) is 0 Å². The van der Waals surface area contributed by atoms with Crippen LogP contribution in [0.25, 0.3) is 0 Å². The van der Waals surface area contributed by atoms with E-state index >= 15 is 0 Å². The molecule has 3 rings (SSSR count). The van der Waals surface area contributed by atoms with Gasteiger partial charge in [-0.15, -0.1) is 0 Å². The maximum Gasteiger partial charge on any atom is 0.0942 e. The highest BCUT2D eigenvalue weighted by atomic mass is 35.5. The van der Waals surface area contributed by atoms with Crippen LogP contribution in [0.4, 0.5) is 0 Å². The lowest BCUT2D eigenvalue weighted by molar-refractivity contribution is 0.0245. The van der Waals surface area contributed by atoms with Crippen LogP contribution >= 0.6 is 11.6 Å². The predicted octanol–water partition coefficient (Wildman–Crippen LogP) is 3.58. The molecule has 0 amide bonds. The van der Waals surface area contributed by atoms with Gasteiger partial charge in [-0.1, -0.05) is 54.1 Å². The summed E-state index contributed by atoms with van der Waals surface area (Å²) in [6.07, 6.45) is -0.436. The molecule has 0 aromatic heterocycles. The first-order chi connectivity index (χ1) is 11.6. The molecular formula is C20H25ClN2O. The van der Waals surface area contributed by atoms with Crippen LogP contribution < -0.4 is 0 Å². The number of rotatable bonds is 5. The number of nitrogens with zero attached hydrogens (tertiary/aromatic N) is 2. The maximum absolute atomic E-state index is 10.6. The molecule has 4 heteroatoms. The lowest BCUT2D eigenvalue weighted by Gasteiger charge is -2.39. The number of hydrogen-bond donors (Lipinski definition) is 1. The average molecular weight is 345 g/mol. The molecule has 1 aliphatic heterocycles. The van der Waals surface area contributed by atoms with Gasteiger partial charge in [-0.2, -0.15) is 0 Å². The summed E-state index contributed by atoms with van der Waals surface area (Å²) in [4.78, 5) is 4.84. The van der Waals surface area contributed by atoms with Gasteiger partial charge >= 0.3 is 0 Å². The number of piperazine rings is 1. The van der Waals surface area contributed by atoms with Crippen molar-refractivity contribution in [2.75, 3.05) is 26.2 Å². The second-order valence-electron chi connectivity index (χ2n) is 6.53. The van der Waals surface area contributed by atoms with Crippen molar-refractivity contribution in [2.45, 2.75) is 25.6 Å². The number of aliphatic hydroxyl groups is 1. The quantitative estimate of drug-likeness (QED) is 0.898. The molecule has 0 radical (unpaired) electrons. The van der Waals surface area contributed by atoms with E-state index in [0.717, 1.165) is 43.3 Å². The molecule has 3 nitrogen and oxygen atoms in total. The Balaban J connectivity index is 1.52. The van der Waals surface area contributed by atoms with Gasteiger partial charge in [0.2, 0.25) is 0 Å². The highest BCUT2D eigenvalue weighted by molar-refractivity contribution is 6.30. The summed E-state index contributed by atoms with van der Waals surface area (Å²) in [5.74, 6) is 0. The third-order valence-electron chi connectivity index (χ3n) is 4.90. The molecule has 0 bridgehead atoms. The molecule has 1 heterocycles. The van der Waals surface area contributed by atoms with Crippen LogP contribution in [0.5, 0.6) is 0 Å². The van der Waals surface area contributed by atoms with Crippen molar-refractivity contribution in [1.29, 1.82) is 0 Å². The Morgan fingerprint density at radius 1 is 0.958 bits per heavy atom. The smallest absolute Gasteiger partial charge is 0.0942 e. The number of aliphatic hydroxyl groups excluding tert-OH is 1. The van der Waals surface area contributed by atoms with Gasteiger partial charge in [-0.05, 0) is 30.2 Å². The Labute approximate surface area is 149 Å². The van der Waals surface area contributed by atoms with Crippen LogP contribution in [0.1, 0.15) is 24.2 Å². The Morgan fingerprint density at radius 3 is 2.21 bits per heavy atom. The first-order valence-electron chi connectivity index (χ1n) is 8.57. The molecule has 1 N–H and O–H groups in total. The zero-order valence-corrected chi connectivity index (χ0v) is 14.9. The molecule has 2 unspecified atom stereocenters. The lowest BCUT2D eigenvalue weighted by atomic mass is 10.0. The third kappa shape index (κ3) is 4.37. The Hall–Kier alpha value is -1.39. The van der Waals surface area contributed by atoms with Crippen molar-refractivity contribution in [3.05, 3.63) is 70.7 Å². The van der Waals surface area contributed by atoms with E-state index in [2.05, 4.69) is 28.9 Å². The molecule has 0 saturated carbocycles. The fourth-order valence-corrected chi connectivity index (χ4v) is 3.43. The van der Waals surface area contributed by atoms with E-state index in [9.17, 15) is 5.11 Å². The summed E-state index contributed by atoms with van der Waals surface area (Å²) in [5, 5.41) is 11.4. The Kier molecular flexibility index (Phi) is 5.90. The van der Waals surface area contributed by atoms with E-state index in [1.165, 1.54) is 5.56 Å². The molecule has 2 atom stereocenters. The topological polar surface area (TPSA) is 26.7 Å². The molecule has 1 aliphatic rings. The van der Waals surface area contributed by atoms with Gasteiger partial charge in [0.05, 0.1) is 6.10 Å². The fraction of sp³-hybridized carbons (Fsp3) is 0.400. The van der Waals surface area contributed by atoms with E-state index in [-0.39, 0.29) is 6.04 Å². The highest BCUT2D eigenvalue weighted by Gasteiger charge is 2.26. The van der Waals surface area contributed by atoms with Crippen LogP contribution in [0, 0.1) is 0 Å². The average Bonchev–Trinajstić information content (AvgIpc) is 2.64. The van der Waals surface area contributed by atoms with Gasteiger partial charge < -0.3 is 5.11 Å². The van der Waals surface area contributed by atoms with Gasteiger partial charge in [0.15, 0.2) is 0 Å². The van der Waals surface area contributed by atoms with Crippen molar-refractivity contribution in [3.63, 3.8) is 0 Å². The first-order valence-corrected chi connectivity index (χ1v) is 8.95. The summed E-state index contributed by atoms with van der Waals surface area (Å²) < 4.78 is 0. The summed E-state index contributed by atoms with van der Waals surface area (Å²) in [5.41, 5.74) is 2.29. The standard InChI is InChI=1S/C20H25ClN2O/c1-16(20(24)18-5-3-2-4-6-18)23-13-11-22(12-14-23)15-17-7-9-19(21)10-8-17/h2-10,16,20,24H,11-15H2,1H3. The van der Waals surface area contributed by atoms with E-state index in [0.29, 0.717) is 0 Å². The molecule has 2 aromatic rings. The summed E-state index contributed by atoms with van der Waals surface area (Å²) in [6, 6.07) is 18.2. The number of halogens is 1. The molecule has 128 valence electrons. The van der Waals surface area contributed by atoms with Crippen LogP contribution in [-0.2, 0) is 6.54 Å². The molecule has 1 fully saturated rings. The minimum atomic E-state index is -0.436. The molecule has 24 heavy (non-hydrogen) atoms. The second kappa shape index (κ2) is 8.13. The van der Waals surface area contributed by atoms with Gasteiger partial charge in [0.25, 0.3) is 0 Å². The minimum Gasteiger partial charge on any atom is -0.387 e. The molecule has 1 saturated heterocycles. The minimum absolute atomic E-state index is 0.130.